The molecule has 1 heterocycles. The molecule has 0 saturated carbocycles. The van der Waals surface area contributed by atoms with Crippen molar-refractivity contribution in [1.29, 1.82) is 0 Å². The fraction of sp³-hybridized carbons (Fsp3) is 0.917. The molecule has 0 aliphatic carbocycles. The molecule has 0 radical (unpaired) electrons. The van der Waals surface area contributed by atoms with E-state index in [-0.39, 0.29) is 13.2 Å². The number of ether oxygens (including phenoxy) is 2. The number of hydrogen-bond acceptors (Lipinski definition) is 5. The second-order valence-corrected chi connectivity index (χ2v) is 8.41. The fourth-order valence-corrected chi connectivity index (χ4v) is 3.85. The zero-order valence-electron chi connectivity index (χ0n) is 18.6. The van der Waals surface area contributed by atoms with Crippen LogP contribution in [-0.4, -0.2) is 59.6 Å². The zero-order valence-corrected chi connectivity index (χ0v) is 18.6. The molecule has 0 spiro atoms. The maximum absolute atomic E-state index is 9.98. The van der Waals surface area contributed by atoms with Crippen molar-refractivity contribution in [3.63, 3.8) is 0 Å². The Morgan fingerprint density at radius 1 is 0.828 bits per heavy atom. The molecule has 0 aromatic carbocycles. The van der Waals surface area contributed by atoms with Gasteiger partial charge in [0, 0.05) is 0 Å². The Bertz CT molecular complexity index is 385. The van der Waals surface area contributed by atoms with Crippen LogP contribution in [-0.2, 0) is 9.47 Å². The maximum Gasteiger partial charge on any atom is 0.115 e. The molecule has 29 heavy (non-hydrogen) atoms. The van der Waals surface area contributed by atoms with Gasteiger partial charge in [-0.15, -0.1) is 0 Å². The summed E-state index contributed by atoms with van der Waals surface area (Å²) in [7, 11) is 0. The molecule has 1 aliphatic rings. The molecule has 5 heteroatoms. The number of allylic oxidation sites excluding steroid dienone is 1. The summed E-state index contributed by atoms with van der Waals surface area (Å²) in [5, 5.41) is 28.9. The largest absolute Gasteiger partial charge is 0.394 e. The van der Waals surface area contributed by atoms with Crippen molar-refractivity contribution < 1.29 is 24.8 Å². The number of unbranched alkanes of at least 4 members (excludes halogenated alkanes) is 13. The maximum atomic E-state index is 9.98. The summed E-state index contributed by atoms with van der Waals surface area (Å²) in [5.74, 6) is 0. The van der Waals surface area contributed by atoms with Crippen LogP contribution in [0.1, 0.15) is 96.8 Å². The molecule has 0 bridgehead atoms. The molecule has 0 amide bonds. The average Bonchev–Trinajstić information content (AvgIpc) is 2.73. The van der Waals surface area contributed by atoms with Crippen LogP contribution < -0.4 is 0 Å². The number of rotatable bonds is 18. The van der Waals surface area contributed by atoms with E-state index in [9.17, 15) is 15.3 Å². The zero-order chi connectivity index (χ0) is 21.2. The van der Waals surface area contributed by atoms with E-state index in [1.165, 1.54) is 83.5 Å². The lowest BCUT2D eigenvalue weighted by molar-refractivity contribution is -0.208. The van der Waals surface area contributed by atoms with Crippen molar-refractivity contribution in [3.8, 4) is 0 Å². The van der Waals surface area contributed by atoms with Gasteiger partial charge in [-0.05, 0) is 12.8 Å². The van der Waals surface area contributed by atoms with Crippen molar-refractivity contribution >= 4 is 0 Å². The first-order valence-electron chi connectivity index (χ1n) is 12.1. The van der Waals surface area contributed by atoms with Gasteiger partial charge in [-0.25, -0.2) is 0 Å². The molecule has 1 aliphatic heterocycles. The molecule has 172 valence electrons. The number of hydrogen-bond donors (Lipinski definition) is 3. The third-order valence-electron chi connectivity index (χ3n) is 5.78. The van der Waals surface area contributed by atoms with E-state index in [1.807, 2.05) is 6.08 Å². The van der Waals surface area contributed by atoms with E-state index in [0.29, 0.717) is 6.61 Å². The molecular weight excluding hydrogens is 368 g/mol. The molecule has 5 nitrogen and oxygen atoms in total. The van der Waals surface area contributed by atoms with Crippen molar-refractivity contribution in [1.82, 2.24) is 0 Å². The Hall–Kier alpha value is -0.460. The van der Waals surface area contributed by atoms with Crippen LogP contribution >= 0.6 is 0 Å². The molecule has 4 atom stereocenters. The van der Waals surface area contributed by atoms with E-state index in [4.69, 9.17) is 9.47 Å². The lowest BCUT2D eigenvalue weighted by Gasteiger charge is -2.37. The van der Waals surface area contributed by atoms with Gasteiger partial charge >= 0.3 is 0 Å². The van der Waals surface area contributed by atoms with Gasteiger partial charge in [-0.3, -0.25) is 0 Å². The lowest BCUT2D eigenvalue weighted by atomic mass is 10.0. The van der Waals surface area contributed by atoms with E-state index in [0.717, 1.165) is 6.42 Å². The molecular formula is C24H46O5. The minimum Gasteiger partial charge on any atom is -0.394 e. The summed E-state index contributed by atoms with van der Waals surface area (Å²) >= 11 is 0. The first kappa shape index (κ1) is 26.6. The average molecular weight is 415 g/mol. The van der Waals surface area contributed by atoms with Gasteiger partial charge in [-0.2, -0.15) is 0 Å². The molecule has 1 fully saturated rings. The Morgan fingerprint density at radius 3 is 1.93 bits per heavy atom. The SMILES string of the molecule is CCCCCCCCCCCCCCC/C=C/CO[C@H]1[C@H](O)[C@@H](O)CO[C@@H]1CO. The second-order valence-electron chi connectivity index (χ2n) is 8.41. The predicted molar refractivity (Wildman–Crippen MR) is 118 cm³/mol. The summed E-state index contributed by atoms with van der Waals surface area (Å²) < 4.78 is 10.9. The minimum absolute atomic E-state index is 0.0289. The van der Waals surface area contributed by atoms with Crippen molar-refractivity contribution in [2.24, 2.45) is 0 Å². The van der Waals surface area contributed by atoms with Crippen LogP contribution in [0.15, 0.2) is 12.2 Å². The number of aliphatic hydroxyl groups is 3. The van der Waals surface area contributed by atoms with Gasteiger partial charge in [0.15, 0.2) is 0 Å². The first-order valence-corrected chi connectivity index (χ1v) is 12.1. The third kappa shape index (κ3) is 12.7. The van der Waals surface area contributed by atoms with Crippen molar-refractivity contribution in [2.75, 3.05) is 19.8 Å². The van der Waals surface area contributed by atoms with E-state index in [1.54, 1.807) is 0 Å². The third-order valence-corrected chi connectivity index (χ3v) is 5.78. The molecule has 3 N–H and O–H groups in total. The molecule has 1 rings (SSSR count). The Morgan fingerprint density at radius 2 is 1.38 bits per heavy atom. The van der Waals surface area contributed by atoms with Crippen LogP contribution in [0.2, 0.25) is 0 Å². The van der Waals surface area contributed by atoms with Crippen LogP contribution in [0.3, 0.4) is 0 Å². The van der Waals surface area contributed by atoms with Crippen LogP contribution in [0.25, 0.3) is 0 Å². The molecule has 0 aromatic heterocycles. The van der Waals surface area contributed by atoms with Crippen LogP contribution in [0, 0.1) is 0 Å². The Balaban J connectivity index is 1.89. The highest BCUT2D eigenvalue weighted by Gasteiger charge is 2.38. The van der Waals surface area contributed by atoms with E-state index in [2.05, 4.69) is 13.0 Å². The van der Waals surface area contributed by atoms with Crippen molar-refractivity contribution in [2.45, 2.75) is 121 Å². The van der Waals surface area contributed by atoms with Gasteiger partial charge < -0.3 is 24.8 Å². The Labute approximate surface area is 178 Å². The Kier molecular flexibility index (Phi) is 16.8. The van der Waals surface area contributed by atoms with Crippen LogP contribution in [0.4, 0.5) is 0 Å². The quantitative estimate of drug-likeness (QED) is 0.227. The highest BCUT2D eigenvalue weighted by molar-refractivity contribution is 4.89. The lowest BCUT2D eigenvalue weighted by Crippen LogP contribution is -2.55. The summed E-state index contributed by atoms with van der Waals surface area (Å²) in [6, 6.07) is 0. The normalized spacial score (nSPS) is 25.1. The summed E-state index contributed by atoms with van der Waals surface area (Å²) in [6.07, 6.45) is 19.6. The second kappa shape index (κ2) is 18.3. The molecule has 1 saturated heterocycles. The van der Waals surface area contributed by atoms with Gasteiger partial charge in [0.1, 0.15) is 24.4 Å². The van der Waals surface area contributed by atoms with Gasteiger partial charge in [0.2, 0.25) is 0 Å². The van der Waals surface area contributed by atoms with Gasteiger partial charge in [0.25, 0.3) is 0 Å². The van der Waals surface area contributed by atoms with Gasteiger partial charge in [0.05, 0.1) is 19.8 Å². The predicted octanol–water partition coefficient (Wildman–Crippen LogP) is 4.52. The van der Waals surface area contributed by atoms with E-state index >= 15 is 0 Å². The van der Waals surface area contributed by atoms with E-state index < -0.39 is 24.4 Å². The molecule has 0 unspecified atom stereocenters. The number of aliphatic hydroxyl groups excluding tert-OH is 3. The topological polar surface area (TPSA) is 79.2 Å². The fourth-order valence-electron chi connectivity index (χ4n) is 3.85. The van der Waals surface area contributed by atoms with Crippen LogP contribution in [0.5, 0.6) is 0 Å². The first-order chi connectivity index (χ1) is 14.2. The smallest absolute Gasteiger partial charge is 0.115 e. The van der Waals surface area contributed by atoms with Crippen molar-refractivity contribution in [3.05, 3.63) is 12.2 Å². The monoisotopic (exact) mass is 414 g/mol. The highest BCUT2D eigenvalue weighted by atomic mass is 16.6. The molecule has 0 aromatic rings. The highest BCUT2D eigenvalue weighted by Crippen LogP contribution is 2.18. The minimum atomic E-state index is -1.02. The summed E-state index contributed by atoms with van der Waals surface area (Å²) in [4.78, 5) is 0. The summed E-state index contributed by atoms with van der Waals surface area (Å²) in [5.41, 5.74) is 0. The summed E-state index contributed by atoms with van der Waals surface area (Å²) in [6.45, 7) is 2.43. The standard InChI is InChI=1S/C24H46O5/c1-2-3-4-5-6-7-8-9-10-11-12-13-14-15-16-17-18-28-24-22(19-25)29-20-21(26)23(24)27/h16-17,21-27H,2-15,18-20H2,1H3/b17-16+/t21-,22+,23+,24+/m0/s1. The van der Waals surface area contributed by atoms with Gasteiger partial charge in [-0.1, -0.05) is 96.1 Å².